The van der Waals surface area contributed by atoms with Gasteiger partial charge in [0, 0.05) is 0 Å². The van der Waals surface area contributed by atoms with E-state index >= 15 is 0 Å². The summed E-state index contributed by atoms with van der Waals surface area (Å²) >= 11 is 0. The van der Waals surface area contributed by atoms with Gasteiger partial charge in [0.1, 0.15) is 0 Å². The van der Waals surface area contributed by atoms with Gasteiger partial charge >= 0.3 is 5.97 Å². The Labute approximate surface area is 145 Å². The van der Waals surface area contributed by atoms with Crippen molar-refractivity contribution in [3.05, 3.63) is 42.0 Å². The fourth-order valence-corrected chi connectivity index (χ4v) is 5.20. The van der Waals surface area contributed by atoms with Gasteiger partial charge in [-0.25, -0.2) is 9.69 Å². The maximum absolute atomic E-state index is 13.1. The van der Waals surface area contributed by atoms with Gasteiger partial charge in [0.05, 0.1) is 29.7 Å². The van der Waals surface area contributed by atoms with Crippen molar-refractivity contribution in [2.24, 2.45) is 35.5 Å². The molecular weight excluding hydrogens is 318 g/mol. The van der Waals surface area contributed by atoms with Crippen LogP contribution in [0.2, 0.25) is 0 Å². The molecule has 1 heterocycles. The van der Waals surface area contributed by atoms with Crippen LogP contribution in [0.25, 0.3) is 0 Å². The van der Waals surface area contributed by atoms with Gasteiger partial charge in [-0.15, -0.1) is 0 Å². The summed E-state index contributed by atoms with van der Waals surface area (Å²) in [6.45, 7) is 2.03. The minimum Gasteiger partial charge on any atom is -0.462 e. The number of ether oxygens (including phenoxy) is 1. The van der Waals surface area contributed by atoms with E-state index in [-0.39, 0.29) is 42.1 Å². The number of esters is 1. The third kappa shape index (κ3) is 1.92. The molecule has 0 aromatic heterocycles. The summed E-state index contributed by atoms with van der Waals surface area (Å²) < 4.78 is 5.02. The maximum Gasteiger partial charge on any atom is 0.338 e. The number of amides is 2. The molecule has 25 heavy (non-hydrogen) atoms. The van der Waals surface area contributed by atoms with Gasteiger partial charge in [-0.1, -0.05) is 18.2 Å². The summed E-state index contributed by atoms with van der Waals surface area (Å²) in [5.41, 5.74) is 0.835. The molecule has 0 N–H and O–H groups in total. The molecular formula is C20H19NO4. The maximum atomic E-state index is 13.1. The van der Waals surface area contributed by atoms with Crippen molar-refractivity contribution in [1.82, 2.24) is 0 Å². The van der Waals surface area contributed by atoms with Crippen LogP contribution in [0.4, 0.5) is 5.69 Å². The van der Waals surface area contributed by atoms with Crippen LogP contribution >= 0.6 is 0 Å². The molecule has 6 atom stereocenters. The van der Waals surface area contributed by atoms with E-state index in [9.17, 15) is 14.4 Å². The fraction of sp³-hybridized carbons (Fsp3) is 0.450. The Morgan fingerprint density at radius 3 is 2.36 bits per heavy atom. The van der Waals surface area contributed by atoms with E-state index < -0.39 is 5.97 Å². The van der Waals surface area contributed by atoms with Crippen molar-refractivity contribution < 1.29 is 19.1 Å². The number of anilines is 1. The van der Waals surface area contributed by atoms with Gasteiger partial charge in [-0.3, -0.25) is 9.59 Å². The van der Waals surface area contributed by atoms with E-state index in [4.69, 9.17) is 4.74 Å². The summed E-state index contributed by atoms with van der Waals surface area (Å²) in [5, 5.41) is 0. The average Bonchev–Trinajstić information content (AvgIpc) is 3.39. The largest absolute Gasteiger partial charge is 0.462 e. The van der Waals surface area contributed by atoms with Gasteiger partial charge in [0.2, 0.25) is 11.8 Å². The first kappa shape index (κ1) is 14.9. The Morgan fingerprint density at radius 1 is 1.12 bits per heavy atom. The number of rotatable bonds is 3. The highest BCUT2D eigenvalue weighted by Crippen LogP contribution is 2.65. The molecule has 0 unspecified atom stereocenters. The van der Waals surface area contributed by atoms with Gasteiger partial charge in [-0.2, -0.15) is 0 Å². The van der Waals surface area contributed by atoms with Crippen LogP contribution in [0.5, 0.6) is 0 Å². The van der Waals surface area contributed by atoms with Crippen molar-refractivity contribution in [3.63, 3.8) is 0 Å². The van der Waals surface area contributed by atoms with Gasteiger partial charge in [0.15, 0.2) is 0 Å². The second-order valence-corrected chi connectivity index (χ2v) is 7.44. The van der Waals surface area contributed by atoms with E-state index in [0.29, 0.717) is 23.1 Å². The predicted molar refractivity (Wildman–Crippen MR) is 89.6 cm³/mol. The molecule has 5 heteroatoms. The molecule has 0 radical (unpaired) electrons. The molecule has 0 spiro atoms. The number of hydrogen-bond donors (Lipinski definition) is 0. The van der Waals surface area contributed by atoms with Gasteiger partial charge < -0.3 is 4.74 Å². The van der Waals surface area contributed by atoms with Crippen molar-refractivity contribution in [1.29, 1.82) is 0 Å². The Kier molecular flexibility index (Phi) is 3.00. The minimum absolute atomic E-state index is 0.110. The van der Waals surface area contributed by atoms with Crippen LogP contribution in [0.15, 0.2) is 36.4 Å². The van der Waals surface area contributed by atoms with Crippen LogP contribution in [-0.4, -0.2) is 24.4 Å². The van der Waals surface area contributed by atoms with Crippen molar-refractivity contribution >= 4 is 23.5 Å². The molecule has 2 amide bonds. The Balaban J connectivity index is 1.50. The summed E-state index contributed by atoms with van der Waals surface area (Å²) in [6.07, 6.45) is 5.46. The molecule has 5 nitrogen and oxygen atoms in total. The highest BCUT2D eigenvalue weighted by Gasteiger charge is 2.67. The number of allylic oxidation sites excluding steroid dienone is 2. The summed E-state index contributed by atoms with van der Waals surface area (Å²) in [7, 11) is 0. The second-order valence-electron chi connectivity index (χ2n) is 7.44. The predicted octanol–water partition coefficient (Wildman–Crippen LogP) is 2.42. The lowest BCUT2D eigenvalue weighted by molar-refractivity contribution is -0.124. The number of carbonyl (C=O) groups is 3. The van der Waals surface area contributed by atoms with Crippen molar-refractivity contribution in [2.45, 2.75) is 13.3 Å². The highest BCUT2D eigenvalue weighted by molar-refractivity contribution is 6.22. The lowest BCUT2D eigenvalue weighted by Crippen LogP contribution is -2.40. The van der Waals surface area contributed by atoms with Gasteiger partial charge in [-0.05, 0) is 55.2 Å². The number of imide groups is 1. The molecule has 1 saturated heterocycles. The normalized spacial score (nSPS) is 37.1. The van der Waals surface area contributed by atoms with Crippen LogP contribution in [0, 0.1) is 35.5 Å². The topological polar surface area (TPSA) is 63.7 Å². The van der Waals surface area contributed by atoms with Crippen LogP contribution in [0.1, 0.15) is 23.7 Å². The first-order valence-electron chi connectivity index (χ1n) is 8.95. The molecule has 2 saturated carbocycles. The number of benzene rings is 1. The Bertz CT molecular complexity index is 793. The molecule has 4 aliphatic carbocycles. The molecule has 6 rings (SSSR count). The zero-order valence-corrected chi connectivity index (χ0v) is 13.9. The fourth-order valence-electron chi connectivity index (χ4n) is 5.20. The average molecular weight is 337 g/mol. The molecule has 1 aromatic carbocycles. The zero-order chi connectivity index (χ0) is 17.3. The van der Waals surface area contributed by atoms with Crippen LogP contribution < -0.4 is 4.90 Å². The quantitative estimate of drug-likeness (QED) is 0.483. The lowest BCUT2D eigenvalue weighted by Gasteiger charge is -2.37. The zero-order valence-electron chi connectivity index (χ0n) is 13.9. The smallest absolute Gasteiger partial charge is 0.338 e. The van der Waals surface area contributed by atoms with Crippen LogP contribution in [0.3, 0.4) is 0 Å². The first-order valence-corrected chi connectivity index (χ1v) is 8.95. The summed E-state index contributed by atoms with van der Waals surface area (Å²) in [6, 6.07) is 6.63. The standard InChI is InChI=1S/C20H19NO4/c1-2-25-20(24)10-4-3-5-11(8-10)21-18(22)16-12-6-7-13(15-9-14(12)15)17(16)19(21)23/h3-8,12-17H,2,9H2,1H3/t12-,13-,14-,15+,16-,17-/m1/s1. The van der Waals surface area contributed by atoms with E-state index in [1.54, 1.807) is 31.2 Å². The first-order chi connectivity index (χ1) is 12.1. The number of nitrogens with zero attached hydrogens (tertiary/aromatic N) is 1. The van der Waals surface area contributed by atoms with E-state index in [2.05, 4.69) is 12.2 Å². The lowest BCUT2D eigenvalue weighted by atomic mass is 9.63. The third-order valence-electron chi connectivity index (χ3n) is 6.28. The SMILES string of the molecule is CCOC(=O)c1cccc(N2C(=O)[C@@H]3[C@@H]4C=C[C@H]([C@@H]5C[C@H]45)[C@H]3C2=O)c1. The summed E-state index contributed by atoms with van der Waals surface area (Å²) in [4.78, 5) is 39.4. The number of carbonyl (C=O) groups excluding carboxylic acids is 3. The minimum atomic E-state index is -0.441. The van der Waals surface area contributed by atoms with E-state index in [0.717, 1.165) is 6.42 Å². The molecule has 128 valence electrons. The van der Waals surface area contributed by atoms with Gasteiger partial charge in [0.25, 0.3) is 0 Å². The molecule has 1 aliphatic heterocycles. The summed E-state index contributed by atoms with van der Waals surface area (Å²) in [5.74, 6) is 0.460. The molecule has 1 aromatic rings. The third-order valence-corrected chi connectivity index (χ3v) is 6.28. The van der Waals surface area contributed by atoms with Crippen molar-refractivity contribution in [2.75, 3.05) is 11.5 Å². The molecule has 5 aliphatic rings. The molecule has 3 fully saturated rings. The number of hydrogen-bond acceptors (Lipinski definition) is 4. The van der Waals surface area contributed by atoms with Crippen molar-refractivity contribution in [3.8, 4) is 0 Å². The Morgan fingerprint density at radius 2 is 1.76 bits per heavy atom. The monoisotopic (exact) mass is 337 g/mol. The van der Waals surface area contributed by atoms with E-state index in [1.807, 2.05) is 0 Å². The highest BCUT2D eigenvalue weighted by atomic mass is 16.5. The van der Waals surface area contributed by atoms with Crippen LogP contribution in [-0.2, 0) is 14.3 Å². The van der Waals surface area contributed by atoms with E-state index in [1.165, 1.54) is 4.90 Å². The second kappa shape index (κ2) is 5.04. The Hall–Kier alpha value is -2.43. The molecule has 2 bridgehead atoms.